The fourth-order valence-electron chi connectivity index (χ4n) is 1.63. The molecular formula is C9H5N3O3S. The van der Waals surface area contributed by atoms with Crippen molar-refractivity contribution in [3.63, 3.8) is 0 Å². The van der Waals surface area contributed by atoms with Gasteiger partial charge in [0.15, 0.2) is 0 Å². The number of hydrogen-bond donors (Lipinski definition) is 3. The van der Waals surface area contributed by atoms with Gasteiger partial charge >= 0.3 is 0 Å². The molecule has 0 amide bonds. The normalized spacial score (nSPS) is 11.2. The summed E-state index contributed by atoms with van der Waals surface area (Å²) < 4.78 is 0. The predicted octanol–water partition coefficient (Wildman–Crippen LogP) is 0.119. The Hall–Kier alpha value is -2.15. The van der Waals surface area contributed by atoms with Gasteiger partial charge in [-0.05, 0) is 11.4 Å². The summed E-state index contributed by atoms with van der Waals surface area (Å²) in [7, 11) is 0. The highest BCUT2D eigenvalue weighted by Crippen LogP contribution is 2.15. The summed E-state index contributed by atoms with van der Waals surface area (Å²) in [5.41, 5.74) is -1.51. The van der Waals surface area contributed by atoms with E-state index in [0.717, 1.165) is 0 Å². The molecule has 7 heteroatoms. The number of pyridine rings is 1. The third-order valence-electron chi connectivity index (χ3n) is 2.37. The van der Waals surface area contributed by atoms with Gasteiger partial charge in [-0.15, -0.1) is 11.3 Å². The van der Waals surface area contributed by atoms with Crippen LogP contribution >= 0.6 is 11.3 Å². The smallest absolute Gasteiger partial charge is 0.287 e. The van der Waals surface area contributed by atoms with Gasteiger partial charge in [0.25, 0.3) is 11.1 Å². The summed E-state index contributed by atoms with van der Waals surface area (Å²) in [6.45, 7) is 0. The summed E-state index contributed by atoms with van der Waals surface area (Å²) in [6.07, 6.45) is 0. The molecular weight excluding hydrogens is 230 g/mol. The topological polar surface area (TPSA) is 98.6 Å². The molecule has 3 N–H and O–H groups in total. The van der Waals surface area contributed by atoms with Gasteiger partial charge in [-0.2, -0.15) is 0 Å². The van der Waals surface area contributed by atoms with E-state index in [4.69, 9.17) is 0 Å². The molecule has 6 nitrogen and oxygen atoms in total. The zero-order valence-corrected chi connectivity index (χ0v) is 8.60. The number of hydrogen-bond acceptors (Lipinski definition) is 4. The molecule has 0 spiro atoms. The molecule has 0 aliphatic heterocycles. The van der Waals surface area contributed by atoms with Crippen molar-refractivity contribution in [2.24, 2.45) is 0 Å². The second kappa shape index (κ2) is 2.92. The third-order valence-corrected chi connectivity index (χ3v) is 3.20. The Labute approximate surface area is 90.5 Å². The highest BCUT2D eigenvalue weighted by Gasteiger charge is 2.11. The lowest BCUT2D eigenvalue weighted by molar-refractivity contribution is 0.970. The molecule has 0 aromatic carbocycles. The van der Waals surface area contributed by atoms with Crippen molar-refractivity contribution in [2.45, 2.75) is 0 Å². The summed E-state index contributed by atoms with van der Waals surface area (Å²) in [5.74, 6) is 0. The molecule has 0 unspecified atom stereocenters. The number of nitrogens with one attached hydrogen (secondary N) is 3. The fraction of sp³-hybridized carbons (Fsp3) is 0. The van der Waals surface area contributed by atoms with Crippen LogP contribution in [0, 0.1) is 0 Å². The summed E-state index contributed by atoms with van der Waals surface area (Å²) in [6, 6.07) is 1.62. The van der Waals surface area contributed by atoms with E-state index >= 15 is 0 Å². The van der Waals surface area contributed by atoms with Gasteiger partial charge in [-0.3, -0.25) is 24.6 Å². The molecule has 3 rings (SSSR count). The molecule has 0 saturated heterocycles. The first-order valence-electron chi connectivity index (χ1n) is 4.42. The Morgan fingerprint density at radius 3 is 2.62 bits per heavy atom. The van der Waals surface area contributed by atoms with Gasteiger partial charge in [-0.25, -0.2) is 0 Å². The molecule has 3 heterocycles. The van der Waals surface area contributed by atoms with E-state index in [0.29, 0.717) is 10.2 Å². The molecule has 3 aromatic heterocycles. The van der Waals surface area contributed by atoms with Crippen LogP contribution in [0.15, 0.2) is 25.8 Å². The van der Waals surface area contributed by atoms with Gasteiger partial charge in [0, 0.05) is 0 Å². The Kier molecular flexibility index (Phi) is 1.66. The van der Waals surface area contributed by atoms with Crippen LogP contribution in [0.3, 0.4) is 0 Å². The van der Waals surface area contributed by atoms with Crippen molar-refractivity contribution in [2.75, 3.05) is 0 Å². The molecule has 0 atom stereocenters. The third kappa shape index (κ3) is 1.03. The van der Waals surface area contributed by atoms with Crippen LogP contribution in [0.2, 0.25) is 0 Å². The van der Waals surface area contributed by atoms with E-state index < -0.39 is 16.5 Å². The summed E-state index contributed by atoms with van der Waals surface area (Å²) in [5, 5.41) is 6.32. The first-order valence-corrected chi connectivity index (χ1v) is 5.30. The van der Waals surface area contributed by atoms with Crippen LogP contribution in [0.5, 0.6) is 0 Å². The van der Waals surface area contributed by atoms with Crippen molar-refractivity contribution in [1.29, 1.82) is 0 Å². The molecule has 80 valence electrons. The number of thiophene rings is 1. The van der Waals surface area contributed by atoms with Crippen molar-refractivity contribution in [3.8, 4) is 0 Å². The van der Waals surface area contributed by atoms with E-state index in [9.17, 15) is 14.4 Å². The van der Waals surface area contributed by atoms with Gasteiger partial charge in [-0.1, -0.05) is 0 Å². The van der Waals surface area contributed by atoms with Crippen LogP contribution in [0.25, 0.3) is 21.1 Å². The lowest BCUT2D eigenvalue weighted by Gasteiger charge is -1.96. The Morgan fingerprint density at radius 2 is 1.81 bits per heavy atom. The van der Waals surface area contributed by atoms with Gasteiger partial charge in [0.05, 0.1) is 5.39 Å². The highest BCUT2D eigenvalue weighted by molar-refractivity contribution is 7.16. The molecule has 0 fully saturated rings. The van der Waals surface area contributed by atoms with Crippen molar-refractivity contribution >= 4 is 32.5 Å². The molecule has 16 heavy (non-hydrogen) atoms. The summed E-state index contributed by atoms with van der Waals surface area (Å²) in [4.78, 5) is 38.3. The zero-order valence-electron chi connectivity index (χ0n) is 7.79. The maximum Gasteiger partial charge on any atom is 0.287 e. The minimum atomic E-state index is -0.594. The standard InChI is InChI=1S/C9H5N3O3S/c13-6-3-1-2-16-9(3)10-5-4(6)7(14)11-12-8(5)15/h1-2H,(H,10,13)(H,11,14)(H,12,15). The monoisotopic (exact) mass is 235 g/mol. The summed E-state index contributed by atoms with van der Waals surface area (Å²) >= 11 is 1.31. The van der Waals surface area contributed by atoms with Crippen LogP contribution in [0.4, 0.5) is 0 Å². The molecule has 0 aliphatic carbocycles. The molecule has 0 saturated carbocycles. The van der Waals surface area contributed by atoms with Crippen LogP contribution in [0.1, 0.15) is 0 Å². The average Bonchev–Trinajstić information content (AvgIpc) is 2.72. The predicted molar refractivity (Wildman–Crippen MR) is 61.2 cm³/mol. The highest BCUT2D eigenvalue weighted by atomic mass is 32.1. The number of H-pyrrole nitrogens is 3. The maximum absolute atomic E-state index is 11.9. The maximum atomic E-state index is 11.9. The minimum Gasteiger partial charge on any atom is -0.341 e. The van der Waals surface area contributed by atoms with E-state index in [-0.39, 0.29) is 10.9 Å². The number of aromatic nitrogens is 3. The zero-order chi connectivity index (χ0) is 11.3. The van der Waals surface area contributed by atoms with Crippen LogP contribution < -0.4 is 16.5 Å². The van der Waals surface area contributed by atoms with Gasteiger partial charge < -0.3 is 4.98 Å². The number of rotatable bonds is 0. The largest absolute Gasteiger partial charge is 0.341 e. The van der Waals surface area contributed by atoms with E-state index in [1.807, 2.05) is 0 Å². The number of aromatic amines is 3. The van der Waals surface area contributed by atoms with Crippen molar-refractivity contribution in [3.05, 3.63) is 42.4 Å². The van der Waals surface area contributed by atoms with Gasteiger partial charge in [0.1, 0.15) is 15.7 Å². The second-order valence-electron chi connectivity index (χ2n) is 3.28. The lowest BCUT2D eigenvalue weighted by atomic mass is 10.2. The fourth-order valence-corrected chi connectivity index (χ4v) is 2.42. The molecule has 0 aliphatic rings. The van der Waals surface area contributed by atoms with E-state index in [1.165, 1.54) is 11.3 Å². The van der Waals surface area contributed by atoms with Gasteiger partial charge in [0.2, 0.25) is 5.43 Å². The average molecular weight is 235 g/mol. The van der Waals surface area contributed by atoms with Crippen LogP contribution in [-0.2, 0) is 0 Å². The van der Waals surface area contributed by atoms with Crippen molar-refractivity contribution in [1.82, 2.24) is 15.2 Å². The van der Waals surface area contributed by atoms with E-state index in [1.54, 1.807) is 11.4 Å². The Balaban J connectivity index is 2.84. The number of fused-ring (bicyclic) bond motifs is 2. The SMILES string of the molecule is O=c1[nH][nH]c(=O)c2c(=O)c3ccsc3[nH]c12. The molecule has 3 aromatic rings. The Morgan fingerprint density at radius 1 is 1.06 bits per heavy atom. The van der Waals surface area contributed by atoms with Crippen molar-refractivity contribution < 1.29 is 0 Å². The first kappa shape index (κ1) is 9.10. The Bertz CT molecular complexity index is 867. The lowest BCUT2D eigenvalue weighted by Crippen LogP contribution is -2.25. The quantitative estimate of drug-likeness (QED) is 0.516. The van der Waals surface area contributed by atoms with Crippen LogP contribution in [-0.4, -0.2) is 15.2 Å². The first-order chi connectivity index (χ1) is 7.68. The molecule has 0 radical (unpaired) electrons. The molecule has 0 bridgehead atoms. The second-order valence-corrected chi connectivity index (χ2v) is 4.19. The van der Waals surface area contributed by atoms with E-state index in [2.05, 4.69) is 15.2 Å². The minimum absolute atomic E-state index is 0.0173.